The summed E-state index contributed by atoms with van der Waals surface area (Å²) in [5.74, 6) is 0.359. The Hall–Kier alpha value is -3.12. The van der Waals surface area contributed by atoms with Crippen LogP contribution in [0.25, 0.3) is 0 Å². The molecule has 29 heavy (non-hydrogen) atoms. The molecule has 6 heteroatoms. The van der Waals surface area contributed by atoms with Gasteiger partial charge in [-0.15, -0.1) is 0 Å². The normalized spacial score (nSPS) is 11.5. The Morgan fingerprint density at radius 3 is 2.38 bits per heavy atom. The Balaban J connectivity index is 1.62. The highest BCUT2D eigenvalue weighted by Crippen LogP contribution is 2.13. The maximum atomic E-state index is 12.8. The van der Waals surface area contributed by atoms with Crippen molar-refractivity contribution in [1.29, 1.82) is 0 Å². The quantitative estimate of drug-likeness (QED) is 0.571. The molecule has 0 bridgehead atoms. The molecule has 2 amide bonds. The Labute approximate surface area is 174 Å². The fraction of sp³-hybridized carbons (Fsp3) is 0.217. The Bertz CT molecular complexity index is 909. The number of benzene rings is 2. The molecule has 0 fully saturated rings. The average molecular weight is 409 g/mol. The second-order valence-corrected chi connectivity index (χ2v) is 7.46. The van der Waals surface area contributed by atoms with Crippen molar-refractivity contribution >= 4 is 23.2 Å². The molecule has 0 radical (unpaired) electrons. The van der Waals surface area contributed by atoms with Gasteiger partial charge >= 0.3 is 0 Å². The summed E-state index contributed by atoms with van der Waals surface area (Å²) in [7, 11) is 1.60. The van der Waals surface area contributed by atoms with Crippen molar-refractivity contribution in [1.82, 2.24) is 10.6 Å². The molecular formula is C23H24N2O3S. The molecule has 1 atom stereocenters. The van der Waals surface area contributed by atoms with Crippen LogP contribution in [0.2, 0.25) is 0 Å². The van der Waals surface area contributed by atoms with Gasteiger partial charge in [0.25, 0.3) is 0 Å². The topological polar surface area (TPSA) is 67.4 Å². The van der Waals surface area contributed by atoms with Crippen LogP contribution in [-0.4, -0.2) is 25.0 Å². The van der Waals surface area contributed by atoms with E-state index in [1.54, 1.807) is 18.4 Å². The van der Waals surface area contributed by atoms with Gasteiger partial charge in [0.15, 0.2) is 0 Å². The molecule has 0 saturated carbocycles. The second kappa shape index (κ2) is 10.4. The van der Waals surface area contributed by atoms with E-state index in [1.807, 2.05) is 71.4 Å². The molecule has 150 valence electrons. The monoisotopic (exact) mass is 408 g/mol. The summed E-state index contributed by atoms with van der Waals surface area (Å²) in [4.78, 5) is 25.3. The fourth-order valence-corrected chi connectivity index (χ4v) is 3.62. The highest BCUT2D eigenvalue weighted by atomic mass is 32.1. The van der Waals surface area contributed by atoms with Crippen molar-refractivity contribution in [3.63, 3.8) is 0 Å². The van der Waals surface area contributed by atoms with Crippen LogP contribution in [0.4, 0.5) is 0 Å². The van der Waals surface area contributed by atoms with Crippen LogP contribution in [0.15, 0.2) is 71.4 Å². The molecule has 3 aromatic rings. The molecule has 5 nitrogen and oxygen atoms in total. The number of hydrogen-bond donors (Lipinski definition) is 2. The molecule has 0 aliphatic heterocycles. The van der Waals surface area contributed by atoms with Gasteiger partial charge in [0.05, 0.1) is 13.5 Å². The van der Waals surface area contributed by atoms with Crippen LogP contribution in [0.5, 0.6) is 5.75 Å². The van der Waals surface area contributed by atoms with Crippen LogP contribution in [0.3, 0.4) is 0 Å². The van der Waals surface area contributed by atoms with Crippen LogP contribution < -0.4 is 15.4 Å². The summed E-state index contributed by atoms with van der Waals surface area (Å²) in [6, 6.07) is 18.4. The number of rotatable bonds is 9. The number of nitrogens with one attached hydrogen (secondary N) is 2. The number of carbonyl (C=O) groups is 2. The lowest BCUT2D eigenvalue weighted by Crippen LogP contribution is -2.48. The van der Waals surface area contributed by atoms with Gasteiger partial charge in [-0.2, -0.15) is 11.3 Å². The molecule has 2 N–H and O–H groups in total. The average Bonchev–Trinajstić information content (AvgIpc) is 3.26. The van der Waals surface area contributed by atoms with E-state index in [4.69, 9.17) is 4.74 Å². The lowest BCUT2D eigenvalue weighted by molar-refractivity contribution is -0.128. The van der Waals surface area contributed by atoms with Gasteiger partial charge in [-0.3, -0.25) is 9.59 Å². The maximum Gasteiger partial charge on any atom is 0.243 e. The van der Waals surface area contributed by atoms with Crippen molar-refractivity contribution in [2.75, 3.05) is 7.11 Å². The van der Waals surface area contributed by atoms with Crippen molar-refractivity contribution < 1.29 is 14.3 Å². The van der Waals surface area contributed by atoms with E-state index >= 15 is 0 Å². The Morgan fingerprint density at radius 2 is 1.72 bits per heavy atom. The molecule has 1 aromatic heterocycles. The molecule has 0 aliphatic carbocycles. The largest absolute Gasteiger partial charge is 0.497 e. The zero-order valence-corrected chi connectivity index (χ0v) is 17.1. The van der Waals surface area contributed by atoms with Crippen LogP contribution in [0.1, 0.15) is 16.7 Å². The third-order valence-electron chi connectivity index (χ3n) is 4.50. The van der Waals surface area contributed by atoms with E-state index in [2.05, 4.69) is 10.6 Å². The summed E-state index contributed by atoms with van der Waals surface area (Å²) in [6.45, 7) is 0.425. The van der Waals surface area contributed by atoms with E-state index in [0.717, 1.165) is 22.4 Å². The van der Waals surface area contributed by atoms with Gasteiger partial charge in [0.1, 0.15) is 11.8 Å². The number of thiophene rings is 1. The maximum absolute atomic E-state index is 12.8. The first-order valence-electron chi connectivity index (χ1n) is 9.39. The number of methoxy groups -OCH3 is 1. The first kappa shape index (κ1) is 20.6. The van der Waals surface area contributed by atoms with Gasteiger partial charge in [-0.05, 0) is 45.6 Å². The van der Waals surface area contributed by atoms with Gasteiger partial charge in [-0.25, -0.2) is 0 Å². The third-order valence-corrected chi connectivity index (χ3v) is 5.24. The molecule has 0 spiro atoms. The number of amides is 2. The Kier molecular flexibility index (Phi) is 7.41. The molecule has 1 unspecified atom stereocenters. The van der Waals surface area contributed by atoms with E-state index in [0.29, 0.717) is 13.0 Å². The van der Waals surface area contributed by atoms with Crippen molar-refractivity contribution in [2.24, 2.45) is 0 Å². The summed E-state index contributed by atoms with van der Waals surface area (Å²) < 4.78 is 5.14. The lowest BCUT2D eigenvalue weighted by atomic mass is 10.1. The van der Waals surface area contributed by atoms with Crippen LogP contribution in [-0.2, 0) is 29.0 Å². The zero-order chi connectivity index (χ0) is 20.5. The van der Waals surface area contributed by atoms with E-state index < -0.39 is 6.04 Å². The second-order valence-electron chi connectivity index (χ2n) is 6.68. The van der Waals surface area contributed by atoms with Gasteiger partial charge in [0, 0.05) is 13.0 Å². The molecule has 0 aliphatic rings. The molecule has 0 saturated heterocycles. The molecule has 1 heterocycles. The van der Waals surface area contributed by atoms with Crippen LogP contribution in [0, 0.1) is 0 Å². The lowest BCUT2D eigenvalue weighted by Gasteiger charge is -2.18. The van der Waals surface area contributed by atoms with Crippen molar-refractivity contribution in [3.8, 4) is 5.75 Å². The van der Waals surface area contributed by atoms with Crippen LogP contribution >= 0.6 is 11.3 Å². The first-order chi connectivity index (χ1) is 14.1. The highest BCUT2D eigenvalue weighted by molar-refractivity contribution is 7.07. The minimum Gasteiger partial charge on any atom is -0.497 e. The van der Waals surface area contributed by atoms with Gasteiger partial charge in [-0.1, -0.05) is 42.5 Å². The van der Waals surface area contributed by atoms with Crippen molar-refractivity contribution in [2.45, 2.75) is 25.4 Å². The molecule has 3 rings (SSSR count). The summed E-state index contributed by atoms with van der Waals surface area (Å²) >= 11 is 1.57. The van der Waals surface area contributed by atoms with Crippen molar-refractivity contribution in [3.05, 3.63) is 88.1 Å². The van der Waals surface area contributed by atoms with E-state index in [9.17, 15) is 9.59 Å². The standard InChI is InChI=1S/C23H24N2O3S/c1-28-20-9-7-17(8-10-20)14-22(26)25-21(13-19-11-12-29-16-19)23(27)24-15-18-5-3-2-4-6-18/h2-12,16,21H,13-15H2,1H3,(H,24,27)(H,25,26). The summed E-state index contributed by atoms with van der Waals surface area (Å²) in [5.41, 5.74) is 2.90. The predicted octanol–water partition coefficient (Wildman–Crippen LogP) is 3.34. The highest BCUT2D eigenvalue weighted by Gasteiger charge is 2.21. The van der Waals surface area contributed by atoms with Gasteiger partial charge < -0.3 is 15.4 Å². The summed E-state index contributed by atoms with van der Waals surface area (Å²) in [5, 5.41) is 9.78. The molecule has 2 aromatic carbocycles. The van der Waals surface area contributed by atoms with E-state index in [-0.39, 0.29) is 18.2 Å². The smallest absolute Gasteiger partial charge is 0.243 e. The predicted molar refractivity (Wildman–Crippen MR) is 115 cm³/mol. The Morgan fingerprint density at radius 1 is 0.966 bits per heavy atom. The minimum atomic E-state index is -0.626. The minimum absolute atomic E-state index is 0.190. The SMILES string of the molecule is COc1ccc(CC(=O)NC(Cc2ccsc2)C(=O)NCc2ccccc2)cc1. The first-order valence-corrected chi connectivity index (χ1v) is 10.3. The number of ether oxygens (including phenoxy) is 1. The van der Waals surface area contributed by atoms with Gasteiger partial charge in [0.2, 0.25) is 11.8 Å². The number of hydrogen-bond acceptors (Lipinski definition) is 4. The third kappa shape index (κ3) is 6.47. The van der Waals surface area contributed by atoms with E-state index in [1.165, 1.54) is 0 Å². The summed E-state index contributed by atoms with van der Waals surface area (Å²) in [6.07, 6.45) is 0.661. The zero-order valence-electron chi connectivity index (χ0n) is 16.3. The molecular weight excluding hydrogens is 384 g/mol. The fourth-order valence-electron chi connectivity index (χ4n) is 2.94. The number of carbonyl (C=O) groups excluding carboxylic acids is 2.